The summed E-state index contributed by atoms with van der Waals surface area (Å²) in [5.74, 6) is -2.02. The van der Waals surface area contributed by atoms with Crippen LogP contribution in [0.4, 0.5) is 0 Å². The fourth-order valence-corrected chi connectivity index (χ4v) is 2.69. The van der Waals surface area contributed by atoms with Crippen molar-refractivity contribution >= 4 is 24.1 Å². The molecule has 0 fully saturated rings. The molecule has 0 saturated heterocycles. The van der Waals surface area contributed by atoms with E-state index in [-0.39, 0.29) is 24.1 Å². The Balaban J connectivity index is 2.80. The zero-order valence-electron chi connectivity index (χ0n) is 11.8. The summed E-state index contributed by atoms with van der Waals surface area (Å²) in [4.78, 5) is 49.3. The molecular weight excluding hydrogens is 274 g/mol. The molecule has 1 unspecified atom stereocenters. The number of nitrogens with zero attached hydrogens (tertiary/aromatic N) is 1. The molecule has 1 aromatic rings. The van der Waals surface area contributed by atoms with Crippen LogP contribution in [0.15, 0.2) is 24.3 Å². The minimum Gasteiger partial charge on any atom is -0.468 e. The summed E-state index contributed by atoms with van der Waals surface area (Å²) in [7, 11) is 1.15. The quantitative estimate of drug-likeness (QED) is 0.352. The first kappa shape index (κ1) is 14.9. The highest BCUT2D eigenvalue weighted by Gasteiger charge is 2.56. The molecular formula is C15H15NO5. The number of amides is 2. The van der Waals surface area contributed by atoms with Crippen molar-refractivity contribution in [3.63, 3.8) is 0 Å². The summed E-state index contributed by atoms with van der Waals surface area (Å²) in [5, 5.41) is 0. The maximum Gasteiger partial charge on any atom is 0.326 e. The second kappa shape index (κ2) is 5.47. The van der Waals surface area contributed by atoms with Crippen LogP contribution in [0.2, 0.25) is 0 Å². The van der Waals surface area contributed by atoms with Gasteiger partial charge < -0.3 is 9.53 Å². The van der Waals surface area contributed by atoms with Crippen LogP contribution in [0.3, 0.4) is 0 Å². The van der Waals surface area contributed by atoms with Gasteiger partial charge in [0, 0.05) is 18.5 Å². The third-order valence-electron chi connectivity index (χ3n) is 3.71. The Bertz CT molecular complexity index is 624. The van der Waals surface area contributed by atoms with Gasteiger partial charge in [0.15, 0.2) is 5.41 Å². The Kier molecular flexibility index (Phi) is 3.88. The number of methoxy groups -OCH3 is 1. The number of aldehydes is 1. The Labute approximate surface area is 121 Å². The molecule has 1 aromatic carbocycles. The summed E-state index contributed by atoms with van der Waals surface area (Å²) in [6, 6.07) is 6.31. The van der Waals surface area contributed by atoms with Gasteiger partial charge in [-0.3, -0.25) is 19.3 Å². The van der Waals surface area contributed by atoms with Crippen LogP contribution in [0, 0.1) is 0 Å². The average molecular weight is 289 g/mol. The predicted molar refractivity (Wildman–Crippen MR) is 72.5 cm³/mol. The largest absolute Gasteiger partial charge is 0.468 e. The summed E-state index contributed by atoms with van der Waals surface area (Å²) in [6.07, 6.45) is 0.133. The number of hydrogen-bond donors (Lipinski definition) is 0. The minimum atomic E-state index is -1.78. The van der Waals surface area contributed by atoms with E-state index in [9.17, 15) is 19.2 Å². The number of imide groups is 1. The SMILES string of the molecule is CCN1C(=O)c2ccccc2C(CC=O)(C(=O)OC)C1=O. The Morgan fingerprint density at radius 3 is 2.57 bits per heavy atom. The molecule has 0 aromatic heterocycles. The van der Waals surface area contributed by atoms with E-state index in [4.69, 9.17) is 4.74 Å². The zero-order valence-corrected chi connectivity index (χ0v) is 11.8. The van der Waals surface area contributed by atoms with E-state index in [0.717, 1.165) is 12.0 Å². The zero-order chi connectivity index (χ0) is 15.6. The number of carbonyl (C=O) groups excluding carboxylic acids is 4. The van der Waals surface area contributed by atoms with Crippen molar-refractivity contribution in [1.82, 2.24) is 4.90 Å². The van der Waals surface area contributed by atoms with E-state index in [2.05, 4.69) is 0 Å². The summed E-state index contributed by atoms with van der Waals surface area (Å²) >= 11 is 0. The molecule has 1 heterocycles. The number of benzene rings is 1. The average Bonchev–Trinajstić information content (AvgIpc) is 2.51. The molecule has 0 radical (unpaired) electrons. The molecule has 2 amide bonds. The molecule has 1 aliphatic heterocycles. The van der Waals surface area contributed by atoms with Crippen LogP contribution in [0.25, 0.3) is 0 Å². The van der Waals surface area contributed by atoms with Gasteiger partial charge in [-0.1, -0.05) is 18.2 Å². The van der Waals surface area contributed by atoms with Gasteiger partial charge in [0.05, 0.1) is 7.11 Å². The molecule has 1 atom stereocenters. The normalized spacial score (nSPS) is 21.0. The van der Waals surface area contributed by atoms with Gasteiger partial charge in [-0.2, -0.15) is 0 Å². The van der Waals surface area contributed by atoms with Gasteiger partial charge in [0.25, 0.3) is 11.8 Å². The first-order valence-corrected chi connectivity index (χ1v) is 6.52. The van der Waals surface area contributed by atoms with Gasteiger partial charge in [0.1, 0.15) is 6.29 Å². The number of rotatable bonds is 4. The second-order valence-corrected chi connectivity index (χ2v) is 4.67. The van der Waals surface area contributed by atoms with Crippen molar-refractivity contribution in [3.8, 4) is 0 Å². The van der Waals surface area contributed by atoms with Crippen molar-refractivity contribution in [3.05, 3.63) is 35.4 Å². The molecule has 0 aliphatic carbocycles. The van der Waals surface area contributed by atoms with Crippen LogP contribution in [0.1, 0.15) is 29.3 Å². The van der Waals surface area contributed by atoms with Crippen LogP contribution in [-0.4, -0.2) is 42.6 Å². The lowest BCUT2D eigenvalue weighted by Gasteiger charge is -2.38. The van der Waals surface area contributed by atoms with E-state index in [1.54, 1.807) is 19.1 Å². The molecule has 1 aliphatic rings. The summed E-state index contributed by atoms with van der Waals surface area (Å²) < 4.78 is 4.74. The number of ether oxygens (including phenoxy) is 1. The van der Waals surface area contributed by atoms with Crippen LogP contribution >= 0.6 is 0 Å². The van der Waals surface area contributed by atoms with E-state index in [1.165, 1.54) is 12.1 Å². The van der Waals surface area contributed by atoms with E-state index in [0.29, 0.717) is 6.29 Å². The lowest BCUT2D eigenvalue weighted by molar-refractivity contribution is -0.157. The molecule has 0 spiro atoms. The second-order valence-electron chi connectivity index (χ2n) is 4.67. The van der Waals surface area contributed by atoms with Crippen molar-refractivity contribution in [2.75, 3.05) is 13.7 Å². The van der Waals surface area contributed by atoms with E-state index in [1.807, 2.05) is 0 Å². The van der Waals surface area contributed by atoms with E-state index >= 15 is 0 Å². The van der Waals surface area contributed by atoms with Crippen LogP contribution in [-0.2, 0) is 24.5 Å². The Morgan fingerprint density at radius 2 is 2.00 bits per heavy atom. The Hall–Kier alpha value is -2.50. The van der Waals surface area contributed by atoms with Crippen molar-refractivity contribution in [1.29, 1.82) is 0 Å². The van der Waals surface area contributed by atoms with Crippen molar-refractivity contribution < 1.29 is 23.9 Å². The smallest absolute Gasteiger partial charge is 0.326 e. The van der Waals surface area contributed by atoms with Gasteiger partial charge >= 0.3 is 5.97 Å². The molecule has 0 bridgehead atoms. The van der Waals surface area contributed by atoms with Gasteiger partial charge in [0.2, 0.25) is 0 Å². The first-order valence-electron chi connectivity index (χ1n) is 6.52. The number of carbonyl (C=O) groups is 4. The monoisotopic (exact) mass is 289 g/mol. The predicted octanol–water partition coefficient (Wildman–Crippen LogP) is 0.689. The maximum absolute atomic E-state index is 12.7. The molecule has 2 rings (SSSR count). The molecule has 21 heavy (non-hydrogen) atoms. The summed E-state index contributed by atoms with van der Waals surface area (Å²) in [6.45, 7) is 1.75. The Morgan fingerprint density at radius 1 is 1.33 bits per heavy atom. The number of likely N-dealkylation sites (N-methyl/N-ethyl adjacent to an activating group) is 1. The lowest BCUT2D eigenvalue weighted by Crippen LogP contribution is -2.58. The first-order chi connectivity index (χ1) is 10.0. The fraction of sp³-hybridized carbons (Fsp3) is 0.333. The highest BCUT2D eigenvalue weighted by Crippen LogP contribution is 2.38. The third-order valence-corrected chi connectivity index (χ3v) is 3.71. The van der Waals surface area contributed by atoms with E-state index < -0.39 is 23.2 Å². The van der Waals surface area contributed by atoms with Crippen LogP contribution in [0.5, 0.6) is 0 Å². The maximum atomic E-state index is 12.7. The topological polar surface area (TPSA) is 80.8 Å². The van der Waals surface area contributed by atoms with Crippen molar-refractivity contribution in [2.24, 2.45) is 0 Å². The minimum absolute atomic E-state index is 0.115. The molecule has 6 heteroatoms. The molecule has 0 N–H and O–H groups in total. The van der Waals surface area contributed by atoms with Gasteiger partial charge in [-0.15, -0.1) is 0 Å². The number of hydrogen-bond acceptors (Lipinski definition) is 5. The van der Waals surface area contributed by atoms with Gasteiger partial charge in [-0.25, -0.2) is 0 Å². The lowest BCUT2D eigenvalue weighted by atomic mass is 9.72. The standard InChI is InChI=1S/C15H15NO5/c1-3-16-12(18)10-6-4-5-7-11(10)15(8-9-17,13(16)19)14(20)21-2/h4-7,9H,3,8H2,1-2H3. The van der Waals surface area contributed by atoms with Crippen molar-refractivity contribution in [2.45, 2.75) is 18.8 Å². The highest BCUT2D eigenvalue weighted by molar-refractivity contribution is 6.21. The number of fused-ring (bicyclic) bond motifs is 1. The molecule has 110 valence electrons. The summed E-state index contributed by atoms with van der Waals surface area (Å²) in [5.41, 5.74) is -1.31. The molecule has 0 saturated carbocycles. The van der Waals surface area contributed by atoms with Crippen LogP contribution < -0.4 is 0 Å². The highest BCUT2D eigenvalue weighted by atomic mass is 16.5. The number of esters is 1. The third kappa shape index (κ3) is 1.94. The van der Waals surface area contributed by atoms with Gasteiger partial charge in [-0.05, 0) is 18.6 Å². The fourth-order valence-electron chi connectivity index (χ4n) is 2.69. The molecule has 6 nitrogen and oxygen atoms in total.